The third kappa shape index (κ3) is 6.09. The second-order valence-corrected chi connectivity index (χ2v) is 9.77. The molecule has 28 heavy (non-hydrogen) atoms. The van der Waals surface area contributed by atoms with E-state index in [1.54, 1.807) is 6.92 Å². The van der Waals surface area contributed by atoms with Crippen LogP contribution < -0.4 is 0 Å². The highest BCUT2D eigenvalue weighted by atomic mass is 35.5. The molecular weight excluding hydrogens is 434 g/mol. The summed E-state index contributed by atoms with van der Waals surface area (Å²) in [5.74, 6) is -0.841. The van der Waals surface area contributed by atoms with Crippen LogP contribution in [0.3, 0.4) is 0 Å². The van der Waals surface area contributed by atoms with E-state index in [1.165, 1.54) is 36.8 Å². The van der Waals surface area contributed by atoms with E-state index in [0.717, 1.165) is 12.1 Å². The SMILES string of the molecule is Cc1cc(C(=O)/C=C(\c2cc(Cl)cc(Cl)c2)C(F)(F)F)ccc1N=S(C)(C)=O. The van der Waals surface area contributed by atoms with Crippen LogP contribution in [0.1, 0.15) is 21.5 Å². The number of carbonyl (C=O) groups is 1. The predicted octanol–water partition coefficient (Wildman–Crippen LogP) is 6.49. The molecule has 0 unspecified atom stereocenters. The van der Waals surface area contributed by atoms with Crippen LogP contribution >= 0.6 is 23.2 Å². The molecule has 0 radical (unpaired) electrons. The second-order valence-electron chi connectivity index (χ2n) is 6.35. The summed E-state index contributed by atoms with van der Waals surface area (Å²) in [4.78, 5) is 12.5. The van der Waals surface area contributed by atoms with Crippen LogP contribution in [0.5, 0.6) is 0 Å². The predicted molar refractivity (Wildman–Crippen MR) is 108 cm³/mol. The number of alkyl halides is 3. The van der Waals surface area contributed by atoms with Crippen molar-refractivity contribution >= 4 is 50.0 Å². The Morgan fingerprint density at radius 1 is 1.04 bits per heavy atom. The molecule has 0 saturated heterocycles. The summed E-state index contributed by atoms with van der Waals surface area (Å²) in [6.07, 6.45) is -1.36. The largest absolute Gasteiger partial charge is 0.417 e. The average molecular weight is 450 g/mol. The van der Waals surface area contributed by atoms with Crippen molar-refractivity contribution in [3.05, 3.63) is 69.2 Å². The second kappa shape index (κ2) is 8.27. The van der Waals surface area contributed by atoms with Crippen LogP contribution in [0.25, 0.3) is 5.57 Å². The first-order valence-electron chi connectivity index (χ1n) is 7.84. The van der Waals surface area contributed by atoms with Crippen LogP contribution in [0.2, 0.25) is 10.0 Å². The van der Waals surface area contributed by atoms with Crippen LogP contribution in [0.4, 0.5) is 18.9 Å². The van der Waals surface area contributed by atoms with Crippen LogP contribution in [0, 0.1) is 6.92 Å². The normalized spacial score (nSPS) is 12.8. The molecular formula is C19H16Cl2F3NO2S. The molecule has 0 amide bonds. The molecule has 0 bridgehead atoms. The lowest BCUT2D eigenvalue weighted by molar-refractivity contribution is -0.0689. The molecule has 2 aromatic carbocycles. The molecule has 0 aliphatic heterocycles. The van der Waals surface area contributed by atoms with E-state index in [4.69, 9.17) is 23.2 Å². The van der Waals surface area contributed by atoms with Crippen LogP contribution in [-0.4, -0.2) is 28.7 Å². The van der Waals surface area contributed by atoms with Gasteiger partial charge in [-0.25, -0.2) is 4.21 Å². The fraction of sp³-hybridized carbons (Fsp3) is 0.211. The number of hydrogen-bond acceptors (Lipinski definition) is 3. The zero-order valence-corrected chi connectivity index (χ0v) is 17.4. The Labute approximate surface area is 171 Å². The van der Waals surface area contributed by atoms with Gasteiger partial charge in [0, 0.05) is 37.8 Å². The summed E-state index contributed by atoms with van der Waals surface area (Å²) in [7, 11) is -2.41. The van der Waals surface area contributed by atoms with Gasteiger partial charge in [0.1, 0.15) is 0 Å². The monoisotopic (exact) mass is 449 g/mol. The number of halogens is 5. The van der Waals surface area contributed by atoms with Gasteiger partial charge in [-0.2, -0.15) is 17.5 Å². The van der Waals surface area contributed by atoms with Gasteiger partial charge >= 0.3 is 6.18 Å². The first-order valence-corrected chi connectivity index (χ1v) is 10.9. The van der Waals surface area contributed by atoms with Gasteiger partial charge in [-0.3, -0.25) is 4.79 Å². The highest BCUT2D eigenvalue weighted by Crippen LogP contribution is 2.36. The lowest BCUT2D eigenvalue weighted by Gasteiger charge is -2.13. The molecule has 150 valence electrons. The van der Waals surface area contributed by atoms with E-state index in [9.17, 15) is 22.2 Å². The fourth-order valence-electron chi connectivity index (χ4n) is 2.40. The number of carbonyl (C=O) groups excluding carboxylic acids is 1. The average Bonchev–Trinajstić information content (AvgIpc) is 2.51. The van der Waals surface area contributed by atoms with Crippen molar-refractivity contribution in [2.75, 3.05) is 12.5 Å². The van der Waals surface area contributed by atoms with E-state index in [2.05, 4.69) is 4.36 Å². The third-order valence-corrected chi connectivity index (χ3v) is 4.63. The summed E-state index contributed by atoms with van der Waals surface area (Å²) in [6, 6.07) is 7.68. The zero-order valence-electron chi connectivity index (χ0n) is 15.1. The van der Waals surface area contributed by atoms with E-state index < -0.39 is 27.3 Å². The number of rotatable bonds is 4. The molecule has 0 N–H and O–H groups in total. The van der Waals surface area contributed by atoms with E-state index in [-0.39, 0.29) is 21.2 Å². The number of nitrogens with zero attached hydrogens (tertiary/aromatic N) is 1. The molecule has 0 spiro atoms. The Hall–Kier alpha value is -1.83. The number of allylic oxidation sites excluding steroid dienone is 2. The zero-order chi connectivity index (χ0) is 21.3. The van der Waals surface area contributed by atoms with Gasteiger partial charge in [-0.15, -0.1) is 0 Å². The molecule has 9 heteroatoms. The Balaban J connectivity index is 2.52. The van der Waals surface area contributed by atoms with Crippen molar-refractivity contribution in [1.29, 1.82) is 0 Å². The van der Waals surface area contributed by atoms with Gasteiger partial charge in [0.25, 0.3) is 0 Å². The van der Waals surface area contributed by atoms with Gasteiger partial charge in [0.15, 0.2) is 5.78 Å². The quantitative estimate of drug-likeness (QED) is 0.395. The summed E-state index contributed by atoms with van der Waals surface area (Å²) >= 11 is 11.6. The summed E-state index contributed by atoms with van der Waals surface area (Å²) in [5.41, 5.74) is -0.481. The molecule has 3 nitrogen and oxygen atoms in total. The molecule has 0 aliphatic carbocycles. The van der Waals surface area contributed by atoms with Crippen molar-refractivity contribution in [3.63, 3.8) is 0 Å². The van der Waals surface area contributed by atoms with Crippen LogP contribution in [0.15, 0.2) is 46.8 Å². The van der Waals surface area contributed by atoms with Crippen LogP contribution in [-0.2, 0) is 9.73 Å². The van der Waals surface area contributed by atoms with Crippen molar-refractivity contribution in [1.82, 2.24) is 0 Å². The van der Waals surface area contributed by atoms with E-state index >= 15 is 0 Å². The number of benzene rings is 2. The van der Waals surface area contributed by atoms with Crippen molar-refractivity contribution < 1.29 is 22.2 Å². The minimum atomic E-state index is -4.79. The number of aryl methyl sites for hydroxylation is 1. The highest BCUT2D eigenvalue weighted by molar-refractivity contribution is 7.92. The maximum absolute atomic E-state index is 13.5. The first-order chi connectivity index (χ1) is 12.8. The standard InChI is InChI=1S/C19H16Cl2F3NO2S/c1-11-6-12(4-5-17(11)25-28(2,3)27)18(26)10-16(19(22,23)24)13-7-14(20)9-15(21)8-13/h4-10H,1-3H3/b16-10+. The number of ketones is 1. The van der Waals surface area contributed by atoms with Crippen molar-refractivity contribution in [2.45, 2.75) is 13.1 Å². The minimum Gasteiger partial charge on any atom is -0.289 e. The Bertz CT molecular complexity index is 1060. The molecule has 2 aromatic rings. The Morgan fingerprint density at radius 3 is 2.07 bits per heavy atom. The summed E-state index contributed by atoms with van der Waals surface area (Å²) < 4.78 is 56.4. The fourth-order valence-corrected chi connectivity index (χ4v) is 3.61. The minimum absolute atomic E-state index is 0.0228. The molecule has 0 fully saturated rings. The highest BCUT2D eigenvalue weighted by Gasteiger charge is 2.35. The molecule has 0 saturated carbocycles. The van der Waals surface area contributed by atoms with Gasteiger partial charge in [-0.05, 0) is 60.5 Å². The first kappa shape index (κ1) is 22.5. The van der Waals surface area contributed by atoms with E-state index in [1.807, 2.05) is 0 Å². The van der Waals surface area contributed by atoms with Gasteiger partial charge in [0.2, 0.25) is 0 Å². The Kier molecular flexibility index (Phi) is 6.63. The lowest BCUT2D eigenvalue weighted by atomic mass is 10.00. The summed E-state index contributed by atoms with van der Waals surface area (Å²) in [6.45, 7) is 1.63. The lowest BCUT2D eigenvalue weighted by Crippen LogP contribution is -2.13. The van der Waals surface area contributed by atoms with Crippen molar-refractivity contribution in [3.8, 4) is 0 Å². The molecule has 0 aromatic heterocycles. The molecule has 0 atom stereocenters. The maximum Gasteiger partial charge on any atom is 0.417 e. The van der Waals surface area contributed by atoms with E-state index in [0.29, 0.717) is 17.3 Å². The maximum atomic E-state index is 13.5. The number of hydrogen-bond donors (Lipinski definition) is 0. The Morgan fingerprint density at radius 2 is 1.61 bits per heavy atom. The smallest absolute Gasteiger partial charge is 0.289 e. The molecule has 0 heterocycles. The summed E-state index contributed by atoms with van der Waals surface area (Å²) in [5, 5.41) is 0.0456. The molecule has 2 rings (SSSR count). The third-order valence-electron chi connectivity index (χ3n) is 3.55. The van der Waals surface area contributed by atoms with Gasteiger partial charge < -0.3 is 0 Å². The van der Waals surface area contributed by atoms with Gasteiger partial charge in [0.05, 0.1) is 11.3 Å². The van der Waals surface area contributed by atoms with Gasteiger partial charge in [-0.1, -0.05) is 23.2 Å². The topological polar surface area (TPSA) is 46.5 Å². The molecule has 0 aliphatic rings. The van der Waals surface area contributed by atoms with Crippen molar-refractivity contribution in [2.24, 2.45) is 4.36 Å².